The van der Waals surface area contributed by atoms with E-state index in [-0.39, 0.29) is 0 Å². The summed E-state index contributed by atoms with van der Waals surface area (Å²) >= 11 is 1.70. The topological polar surface area (TPSA) is 59.5 Å². The van der Waals surface area contributed by atoms with E-state index in [0.29, 0.717) is 5.92 Å². The third-order valence-electron chi connectivity index (χ3n) is 4.94. The van der Waals surface area contributed by atoms with Crippen LogP contribution in [0.3, 0.4) is 0 Å². The minimum absolute atomic E-state index is 0.587. The van der Waals surface area contributed by atoms with Gasteiger partial charge in [-0.3, -0.25) is 9.38 Å². The van der Waals surface area contributed by atoms with E-state index in [4.69, 9.17) is 10.1 Å². The molecule has 1 fully saturated rings. The molecule has 1 N–H and O–H groups in total. The average molecular weight is 352 g/mol. The molecule has 7 heteroatoms. The Morgan fingerprint density at radius 1 is 1.12 bits per heavy atom. The summed E-state index contributed by atoms with van der Waals surface area (Å²) in [6.45, 7) is 6.21. The van der Waals surface area contributed by atoms with Crippen LogP contribution in [-0.2, 0) is 0 Å². The molecule has 0 aliphatic carbocycles. The van der Waals surface area contributed by atoms with Gasteiger partial charge in [0.15, 0.2) is 4.96 Å². The summed E-state index contributed by atoms with van der Waals surface area (Å²) in [5, 5.41) is 8.15. The van der Waals surface area contributed by atoms with Gasteiger partial charge in [0.05, 0.1) is 33.7 Å². The zero-order chi connectivity index (χ0) is 17.0. The first-order chi connectivity index (χ1) is 12.2. The van der Waals surface area contributed by atoms with Crippen molar-refractivity contribution in [3.8, 4) is 10.6 Å². The summed E-state index contributed by atoms with van der Waals surface area (Å²) in [6.07, 6.45) is 8.66. The molecule has 6 nitrogen and oxygen atoms in total. The van der Waals surface area contributed by atoms with Gasteiger partial charge in [-0.2, -0.15) is 5.10 Å². The SMILES string of the molecule is Cc1cn2nc(-c3cn4cc(C5CCNCC5)nc4s3)cc2c(C)n1. The van der Waals surface area contributed by atoms with Gasteiger partial charge in [-0.15, -0.1) is 0 Å². The van der Waals surface area contributed by atoms with Gasteiger partial charge in [-0.25, -0.2) is 9.50 Å². The molecule has 4 aromatic rings. The zero-order valence-corrected chi connectivity index (χ0v) is 15.2. The molecule has 1 aliphatic heterocycles. The molecule has 0 radical (unpaired) electrons. The maximum Gasteiger partial charge on any atom is 0.194 e. The van der Waals surface area contributed by atoms with E-state index in [2.05, 4.69) is 33.2 Å². The number of imidazole rings is 1. The van der Waals surface area contributed by atoms with Crippen LogP contribution in [0.1, 0.15) is 35.8 Å². The Bertz CT molecular complexity index is 1030. The number of thiazole rings is 1. The largest absolute Gasteiger partial charge is 0.317 e. The summed E-state index contributed by atoms with van der Waals surface area (Å²) in [5.74, 6) is 0.587. The van der Waals surface area contributed by atoms with E-state index >= 15 is 0 Å². The lowest BCUT2D eigenvalue weighted by Gasteiger charge is -2.20. The van der Waals surface area contributed by atoms with Crippen LogP contribution in [0.15, 0.2) is 24.7 Å². The number of aryl methyl sites for hydroxylation is 2. The van der Waals surface area contributed by atoms with Crippen LogP contribution in [0, 0.1) is 13.8 Å². The highest BCUT2D eigenvalue weighted by molar-refractivity contribution is 7.20. The average Bonchev–Trinajstić information content (AvgIpc) is 3.27. The van der Waals surface area contributed by atoms with Crippen molar-refractivity contribution in [3.05, 3.63) is 41.7 Å². The molecule has 0 amide bonds. The molecule has 5 heterocycles. The van der Waals surface area contributed by atoms with Crippen LogP contribution in [0.4, 0.5) is 0 Å². The van der Waals surface area contributed by atoms with E-state index in [1.807, 2.05) is 24.6 Å². The molecule has 0 spiro atoms. The van der Waals surface area contributed by atoms with Crippen LogP contribution in [0.5, 0.6) is 0 Å². The second-order valence-corrected chi connectivity index (χ2v) is 7.81. The third kappa shape index (κ3) is 2.54. The van der Waals surface area contributed by atoms with Crippen molar-refractivity contribution in [1.29, 1.82) is 0 Å². The van der Waals surface area contributed by atoms with E-state index in [1.165, 1.54) is 18.5 Å². The molecule has 0 bridgehead atoms. The minimum Gasteiger partial charge on any atom is -0.317 e. The standard InChI is InChI=1S/C18H20N6S/c1-11-8-24-16(12(2)20-11)7-14(22-24)17-10-23-9-15(21-18(23)25-17)13-3-5-19-6-4-13/h7-10,13,19H,3-6H2,1-2H3. The van der Waals surface area contributed by atoms with Gasteiger partial charge in [-0.05, 0) is 45.8 Å². The van der Waals surface area contributed by atoms with Gasteiger partial charge in [0, 0.05) is 18.3 Å². The van der Waals surface area contributed by atoms with Gasteiger partial charge in [-0.1, -0.05) is 11.3 Å². The second-order valence-electron chi connectivity index (χ2n) is 6.80. The van der Waals surface area contributed by atoms with Crippen LogP contribution in [-0.4, -0.2) is 37.1 Å². The molecule has 128 valence electrons. The first kappa shape index (κ1) is 15.0. The summed E-state index contributed by atoms with van der Waals surface area (Å²) < 4.78 is 4.08. The molecule has 25 heavy (non-hydrogen) atoms. The second kappa shape index (κ2) is 5.64. The molecule has 1 aliphatic rings. The maximum atomic E-state index is 4.87. The predicted octanol–water partition coefficient (Wildman–Crippen LogP) is 3.19. The van der Waals surface area contributed by atoms with Crippen molar-refractivity contribution >= 4 is 21.8 Å². The summed E-state index contributed by atoms with van der Waals surface area (Å²) in [4.78, 5) is 11.6. The highest BCUT2D eigenvalue weighted by atomic mass is 32.1. The first-order valence-electron chi connectivity index (χ1n) is 8.70. The van der Waals surface area contributed by atoms with Crippen molar-refractivity contribution in [1.82, 2.24) is 29.3 Å². The zero-order valence-electron chi connectivity index (χ0n) is 14.4. The lowest BCUT2D eigenvalue weighted by atomic mass is 9.95. The number of nitrogens with one attached hydrogen (secondary N) is 1. The smallest absolute Gasteiger partial charge is 0.194 e. The number of nitrogens with zero attached hydrogens (tertiary/aromatic N) is 5. The van der Waals surface area contributed by atoms with E-state index in [0.717, 1.165) is 45.5 Å². The monoisotopic (exact) mass is 352 g/mol. The Hall–Kier alpha value is -2.25. The molecular formula is C18H20N6S. The number of piperidine rings is 1. The highest BCUT2D eigenvalue weighted by Crippen LogP contribution is 2.31. The predicted molar refractivity (Wildman–Crippen MR) is 99.4 cm³/mol. The molecule has 0 saturated carbocycles. The van der Waals surface area contributed by atoms with Gasteiger partial charge in [0.25, 0.3) is 0 Å². The third-order valence-corrected chi connectivity index (χ3v) is 5.96. The van der Waals surface area contributed by atoms with Crippen LogP contribution < -0.4 is 5.32 Å². The van der Waals surface area contributed by atoms with E-state index < -0.39 is 0 Å². The lowest BCUT2D eigenvalue weighted by Crippen LogP contribution is -2.26. The van der Waals surface area contributed by atoms with Gasteiger partial charge < -0.3 is 5.32 Å². The lowest BCUT2D eigenvalue weighted by molar-refractivity contribution is 0.454. The number of aromatic nitrogens is 5. The molecule has 0 unspecified atom stereocenters. The number of hydrogen-bond acceptors (Lipinski definition) is 5. The van der Waals surface area contributed by atoms with Crippen molar-refractivity contribution < 1.29 is 0 Å². The van der Waals surface area contributed by atoms with Gasteiger partial charge in [0.1, 0.15) is 5.69 Å². The summed E-state index contributed by atoms with van der Waals surface area (Å²) in [6, 6.07) is 2.11. The van der Waals surface area contributed by atoms with Crippen molar-refractivity contribution in [3.63, 3.8) is 0 Å². The molecular weight excluding hydrogens is 332 g/mol. The van der Waals surface area contributed by atoms with Gasteiger partial charge >= 0.3 is 0 Å². The molecule has 0 aromatic carbocycles. The fourth-order valence-electron chi connectivity index (χ4n) is 3.66. The number of hydrogen-bond donors (Lipinski definition) is 1. The normalized spacial score (nSPS) is 16.2. The molecule has 5 rings (SSSR count). The fraction of sp³-hybridized carbons (Fsp3) is 0.389. The Morgan fingerprint density at radius 2 is 1.96 bits per heavy atom. The molecule has 0 atom stereocenters. The van der Waals surface area contributed by atoms with Crippen molar-refractivity contribution in [2.75, 3.05) is 13.1 Å². The maximum absolute atomic E-state index is 4.87. The Labute approximate surface area is 149 Å². The summed E-state index contributed by atoms with van der Waals surface area (Å²) in [7, 11) is 0. The Balaban J connectivity index is 1.52. The molecule has 1 saturated heterocycles. The summed E-state index contributed by atoms with van der Waals surface area (Å²) in [5.41, 5.74) is 5.25. The van der Waals surface area contributed by atoms with Crippen molar-refractivity contribution in [2.45, 2.75) is 32.6 Å². The van der Waals surface area contributed by atoms with Crippen LogP contribution in [0.2, 0.25) is 0 Å². The van der Waals surface area contributed by atoms with Crippen molar-refractivity contribution in [2.24, 2.45) is 0 Å². The Kier molecular flexibility index (Phi) is 3.39. The van der Waals surface area contributed by atoms with E-state index in [9.17, 15) is 0 Å². The van der Waals surface area contributed by atoms with E-state index in [1.54, 1.807) is 11.3 Å². The highest BCUT2D eigenvalue weighted by Gasteiger charge is 2.19. The first-order valence-corrected chi connectivity index (χ1v) is 9.52. The Morgan fingerprint density at radius 3 is 2.76 bits per heavy atom. The minimum atomic E-state index is 0.587. The molecule has 4 aromatic heterocycles. The quantitative estimate of drug-likeness (QED) is 0.602. The number of rotatable bonds is 2. The number of fused-ring (bicyclic) bond motifs is 2. The van der Waals surface area contributed by atoms with Crippen LogP contribution in [0.25, 0.3) is 21.0 Å². The van der Waals surface area contributed by atoms with Crippen LogP contribution >= 0.6 is 11.3 Å². The fourth-order valence-corrected chi connectivity index (χ4v) is 4.59. The van der Waals surface area contributed by atoms with Gasteiger partial charge in [0.2, 0.25) is 0 Å².